The molecule has 0 saturated carbocycles. The van der Waals surface area contributed by atoms with Crippen molar-refractivity contribution in [1.29, 1.82) is 0 Å². The summed E-state index contributed by atoms with van der Waals surface area (Å²) in [6, 6.07) is 5.50. The summed E-state index contributed by atoms with van der Waals surface area (Å²) in [6.45, 7) is 1.60. The second kappa shape index (κ2) is 4.29. The molecule has 15 heavy (non-hydrogen) atoms. The highest BCUT2D eigenvalue weighted by atomic mass is 35.5. The van der Waals surface area contributed by atoms with Gasteiger partial charge in [-0.25, -0.2) is 0 Å². The van der Waals surface area contributed by atoms with Crippen molar-refractivity contribution < 1.29 is 5.11 Å². The van der Waals surface area contributed by atoms with Gasteiger partial charge < -0.3 is 15.7 Å². The molecule has 1 unspecified atom stereocenters. The predicted molar refractivity (Wildman–Crippen MR) is 63.3 cm³/mol. The monoisotopic (exact) mass is 226 g/mol. The topological polar surface area (TPSA) is 49.5 Å². The standard InChI is InChI=1S/C11H15ClN2O/c12-10-6-8(13)3-4-11(10)14-5-1-2-9(15)7-14/h3-4,6,9,15H,1-2,5,7,13H2. The molecule has 82 valence electrons. The zero-order valence-electron chi connectivity index (χ0n) is 8.49. The summed E-state index contributed by atoms with van der Waals surface area (Å²) in [5.41, 5.74) is 7.26. The number of anilines is 2. The van der Waals surface area contributed by atoms with Crippen LogP contribution in [0.1, 0.15) is 12.8 Å². The van der Waals surface area contributed by atoms with Crippen LogP contribution in [-0.4, -0.2) is 24.3 Å². The van der Waals surface area contributed by atoms with E-state index in [-0.39, 0.29) is 6.10 Å². The van der Waals surface area contributed by atoms with Gasteiger partial charge in [0, 0.05) is 18.8 Å². The van der Waals surface area contributed by atoms with Gasteiger partial charge in [0.2, 0.25) is 0 Å². The van der Waals surface area contributed by atoms with E-state index in [1.165, 1.54) is 0 Å². The summed E-state index contributed by atoms with van der Waals surface area (Å²) in [7, 11) is 0. The van der Waals surface area contributed by atoms with Gasteiger partial charge in [-0.3, -0.25) is 0 Å². The van der Waals surface area contributed by atoms with E-state index in [9.17, 15) is 5.11 Å². The number of benzene rings is 1. The number of piperidine rings is 1. The van der Waals surface area contributed by atoms with Crippen LogP contribution < -0.4 is 10.6 Å². The minimum absolute atomic E-state index is 0.243. The van der Waals surface area contributed by atoms with E-state index in [1.807, 2.05) is 12.1 Å². The van der Waals surface area contributed by atoms with E-state index >= 15 is 0 Å². The van der Waals surface area contributed by atoms with Crippen molar-refractivity contribution in [2.45, 2.75) is 18.9 Å². The van der Waals surface area contributed by atoms with Gasteiger partial charge in [0.15, 0.2) is 0 Å². The number of aliphatic hydroxyl groups excluding tert-OH is 1. The number of halogens is 1. The molecule has 1 saturated heterocycles. The van der Waals surface area contributed by atoms with Gasteiger partial charge in [0.25, 0.3) is 0 Å². The molecule has 1 aromatic rings. The van der Waals surface area contributed by atoms with Gasteiger partial charge in [0.05, 0.1) is 16.8 Å². The summed E-state index contributed by atoms with van der Waals surface area (Å²) in [5.74, 6) is 0. The summed E-state index contributed by atoms with van der Waals surface area (Å²) >= 11 is 6.11. The van der Waals surface area contributed by atoms with E-state index in [2.05, 4.69) is 4.90 Å². The van der Waals surface area contributed by atoms with E-state index in [1.54, 1.807) is 6.07 Å². The third-order valence-corrected chi connectivity index (χ3v) is 3.01. The lowest BCUT2D eigenvalue weighted by molar-refractivity contribution is 0.154. The molecule has 2 rings (SSSR count). The van der Waals surface area contributed by atoms with Crippen molar-refractivity contribution in [2.75, 3.05) is 23.7 Å². The molecule has 1 aliphatic heterocycles. The molecule has 0 bridgehead atoms. The first-order chi connectivity index (χ1) is 7.16. The molecule has 0 amide bonds. The average Bonchev–Trinajstić information content (AvgIpc) is 2.17. The van der Waals surface area contributed by atoms with Crippen molar-refractivity contribution in [3.05, 3.63) is 23.2 Å². The Bertz CT molecular complexity index is 356. The van der Waals surface area contributed by atoms with E-state index < -0.39 is 0 Å². The lowest BCUT2D eigenvalue weighted by Crippen LogP contribution is -2.38. The van der Waals surface area contributed by atoms with Crippen molar-refractivity contribution >= 4 is 23.0 Å². The molecule has 1 atom stereocenters. The first-order valence-electron chi connectivity index (χ1n) is 5.15. The van der Waals surface area contributed by atoms with E-state index in [0.29, 0.717) is 17.3 Å². The Morgan fingerprint density at radius 3 is 2.93 bits per heavy atom. The van der Waals surface area contributed by atoms with Crippen LogP contribution in [-0.2, 0) is 0 Å². The van der Waals surface area contributed by atoms with Crippen molar-refractivity contribution in [1.82, 2.24) is 0 Å². The maximum absolute atomic E-state index is 9.58. The number of rotatable bonds is 1. The molecule has 0 radical (unpaired) electrons. The Balaban J connectivity index is 2.21. The lowest BCUT2D eigenvalue weighted by atomic mass is 10.1. The average molecular weight is 227 g/mol. The SMILES string of the molecule is Nc1ccc(N2CCCC(O)C2)c(Cl)c1. The van der Waals surface area contributed by atoms with Gasteiger partial charge in [0.1, 0.15) is 0 Å². The van der Waals surface area contributed by atoms with Crippen molar-refractivity contribution in [3.63, 3.8) is 0 Å². The Morgan fingerprint density at radius 2 is 2.27 bits per heavy atom. The molecule has 1 fully saturated rings. The summed E-state index contributed by atoms with van der Waals surface area (Å²) < 4.78 is 0. The Kier molecular flexibility index (Phi) is 3.03. The predicted octanol–water partition coefficient (Wildman–Crippen LogP) is 1.88. The fourth-order valence-corrected chi connectivity index (χ4v) is 2.26. The minimum Gasteiger partial charge on any atom is -0.399 e. The van der Waals surface area contributed by atoms with Gasteiger partial charge in [-0.05, 0) is 31.0 Å². The third kappa shape index (κ3) is 2.36. The molecular formula is C11H15ClN2O. The smallest absolute Gasteiger partial charge is 0.0715 e. The van der Waals surface area contributed by atoms with Gasteiger partial charge in [-0.1, -0.05) is 11.6 Å². The van der Waals surface area contributed by atoms with E-state index in [0.717, 1.165) is 25.1 Å². The number of nitrogens with zero attached hydrogens (tertiary/aromatic N) is 1. The molecule has 3 nitrogen and oxygen atoms in total. The molecular weight excluding hydrogens is 212 g/mol. The summed E-state index contributed by atoms with van der Waals surface area (Å²) in [6.07, 6.45) is 1.64. The van der Waals surface area contributed by atoms with Crippen molar-refractivity contribution in [3.8, 4) is 0 Å². The van der Waals surface area contributed by atoms with Gasteiger partial charge >= 0.3 is 0 Å². The second-order valence-corrected chi connectivity index (χ2v) is 4.36. The number of hydrogen-bond donors (Lipinski definition) is 2. The quantitative estimate of drug-likeness (QED) is 0.719. The van der Waals surface area contributed by atoms with E-state index in [4.69, 9.17) is 17.3 Å². The number of hydrogen-bond acceptors (Lipinski definition) is 3. The molecule has 0 aromatic heterocycles. The van der Waals surface area contributed by atoms with Crippen LogP contribution in [0, 0.1) is 0 Å². The Morgan fingerprint density at radius 1 is 1.47 bits per heavy atom. The molecule has 1 heterocycles. The molecule has 1 aliphatic rings. The van der Waals surface area contributed by atoms with Crippen LogP contribution in [0.5, 0.6) is 0 Å². The largest absolute Gasteiger partial charge is 0.399 e. The normalized spacial score (nSPS) is 21.7. The third-order valence-electron chi connectivity index (χ3n) is 2.71. The fourth-order valence-electron chi connectivity index (χ4n) is 1.95. The number of nitrogen functional groups attached to an aromatic ring is 1. The zero-order valence-corrected chi connectivity index (χ0v) is 9.24. The van der Waals surface area contributed by atoms with Gasteiger partial charge in [-0.15, -0.1) is 0 Å². The first kappa shape index (κ1) is 10.6. The summed E-state index contributed by atoms with van der Waals surface area (Å²) in [5, 5.41) is 10.2. The highest BCUT2D eigenvalue weighted by Crippen LogP contribution is 2.29. The maximum Gasteiger partial charge on any atom is 0.0715 e. The van der Waals surface area contributed by atoms with Crippen LogP contribution in [0.25, 0.3) is 0 Å². The highest BCUT2D eigenvalue weighted by molar-refractivity contribution is 6.33. The number of β-amino-alcohol motifs (C(OH)–C–C–N with tert-alkyl or cyclic N) is 1. The fraction of sp³-hybridized carbons (Fsp3) is 0.455. The molecule has 4 heteroatoms. The Labute approximate surface area is 94.4 Å². The van der Waals surface area contributed by atoms with Crippen LogP contribution in [0.3, 0.4) is 0 Å². The lowest BCUT2D eigenvalue weighted by Gasteiger charge is -2.32. The van der Waals surface area contributed by atoms with Gasteiger partial charge in [-0.2, -0.15) is 0 Å². The van der Waals surface area contributed by atoms with Crippen LogP contribution in [0.2, 0.25) is 5.02 Å². The zero-order chi connectivity index (χ0) is 10.8. The Hall–Kier alpha value is -0.930. The molecule has 1 aromatic carbocycles. The second-order valence-electron chi connectivity index (χ2n) is 3.95. The van der Waals surface area contributed by atoms with Crippen LogP contribution >= 0.6 is 11.6 Å². The molecule has 3 N–H and O–H groups in total. The number of nitrogens with two attached hydrogens (primary N) is 1. The first-order valence-corrected chi connectivity index (χ1v) is 5.52. The maximum atomic E-state index is 9.58. The summed E-state index contributed by atoms with van der Waals surface area (Å²) in [4.78, 5) is 2.11. The number of aliphatic hydroxyl groups is 1. The van der Waals surface area contributed by atoms with Crippen molar-refractivity contribution in [2.24, 2.45) is 0 Å². The highest BCUT2D eigenvalue weighted by Gasteiger charge is 2.19. The van der Waals surface area contributed by atoms with Crippen LogP contribution in [0.15, 0.2) is 18.2 Å². The minimum atomic E-state index is -0.243. The molecule has 0 spiro atoms. The van der Waals surface area contributed by atoms with Crippen LogP contribution in [0.4, 0.5) is 11.4 Å². The molecule has 0 aliphatic carbocycles.